The molecule has 2 aromatic rings. The number of carbonyl (C=O) groups is 1. The van der Waals surface area contributed by atoms with Crippen molar-refractivity contribution in [3.8, 4) is 5.19 Å². The molecule has 0 bridgehead atoms. The number of carbonyl (C=O) groups excluding carboxylic acids is 1. The number of amides is 1. The van der Waals surface area contributed by atoms with Crippen LogP contribution in [0.15, 0.2) is 22.1 Å². The van der Waals surface area contributed by atoms with Gasteiger partial charge in [0.25, 0.3) is 11.1 Å². The smallest absolute Gasteiger partial charge is 0.429 e. The van der Waals surface area contributed by atoms with Crippen molar-refractivity contribution in [2.24, 2.45) is 16.8 Å². The van der Waals surface area contributed by atoms with E-state index in [1.165, 1.54) is 11.3 Å². The Labute approximate surface area is 218 Å². The first-order valence-electron chi connectivity index (χ1n) is 12.6. The molecule has 37 heavy (non-hydrogen) atoms. The summed E-state index contributed by atoms with van der Waals surface area (Å²) < 4.78 is 49.1. The van der Waals surface area contributed by atoms with Crippen molar-refractivity contribution in [1.82, 2.24) is 20.1 Å². The van der Waals surface area contributed by atoms with Gasteiger partial charge < -0.3 is 14.1 Å². The first kappa shape index (κ1) is 27.4. The Morgan fingerprint density at radius 2 is 2.03 bits per heavy atom. The Bertz CT molecular complexity index is 1070. The van der Waals surface area contributed by atoms with Crippen LogP contribution in [0.25, 0.3) is 0 Å². The third-order valence-electron chi connectivity index (χ3n) is 6.89. The minimum absolute atomic E-state index is 0.0296. The molecule has 2 aromatic heterocycles. The zero-order valence-electron chi connectivity index (χ0n) is 20.9. The maximum absolute atomic E-state index is 13.0. The van der Waals surface area contributed by atoms with Gasteiger partial charge >= 0.3 is 6.18 Å². The fraction of sp³-hybridized carbons (Fsp3) is 0.640. The lowest BCUT2D eigenvalue weighted by Crippen LogP contribution is -2.32. The van der Waals surface area contributed by atoms with Gasteiger partial charge in [-0.1, -0.05) is 17.9 Å². The second-order valence-electron chi connectivity index (χ2n) is 9.64. The molecule has 1 amide bonds. The number of thiazole rings is 1. The van der Waals surface area contributed by atoms with Gasteiger partial charge in [0, 0.05) is 37.5 Å². The van der Waals surface area contributed by atoms with Crippen molar-refractivity contribution in [1.29, 1.82) is 0 Å². The zero-order valence-corrected chi connectivity index (χ0v) is 21.7. The summed E-state index contributed by atoms with van der Waals surface area (Å²) in [6.07, 6.45) is 2.89. The normalized spacial score (nSPS) is 21.9. The third kappa shape index (κ3) is 7.94. The number of hydrogen-bond acceptors (Lipinski definition) is 8. The number of fused-ring (bicyclic) bond motifs is 1. The Morgan fingerprint density at radius 3 is 2.70 bits per heavy atom. The molecule has 0 aromatic carbocycles. The van der Waals surface area contributed by atoms with Crippen LogP contribution in [0.3, 0.4) is 0 Å². The van der Waals surface area contributed by atoms with Crippen LogP contribution in [-0.4, -0.2) is 64.1 Å². The predicted octanol–water partition coefficient (Wildman–Crippen LogP) is 4.77. The number of ether oxygens (including phenoxy) is 1. The minimum Gasteiger partial charge on any atom is -0.453 e. The first-order valence-corrected chi connectivity index (χ1v) is 13.4. The van der Waals surface area contributed by atoms with Crippen LogP contribution in [0.1, 0.15) is 54.5 Å². The van der Waals surface area contributed by atoms with Crippen LogP contribution < -0.4 is 4.74 Å². The molecule has 4 rings (SSSR count). The van der Waals surface area contributed by atoms with E-state index in [-0.39, 0.29) is 17.5 Å². The third-order valence-corrected chi connectivity index (χ3v) is 7.94. The van der Waals surface area contributed by atoms with Crippen LogP contribution in [0, 0.1) is 18.8 Å². The Hall–Kier alpha value is -2.60. The Balaban J connectivity index is 1.16. The fourth-order valence-electron chi connectivity index (χ4n) is 4.78. The molecule has 8 nitrogen and oxygen atoms in total. The van der Waals surface area contributed by atoms with Crippen molar-refractivity contribution in [3.63, 3.8) is 0 Å². The number of nitrogens with zero attached hydrogens (tertiary/aromatic N) is 5. The van der Waals surface area contributed by atoms with E-state index in [2.05, 4.69) is 31.7 Å². The highest BCUT2D eigenvalue weighted by atomic mass is 32.1. The lowest BCUT2D eigenvalue weighted by molar-refractivity contribution is -0.179. The highest BCUT2D eigenvalue weighted by Gasteiger charge is 2.40. The number of halogens is 3. The number of aromatic nitrogens is 3. The Morgan fingerprint density at radius 1 is 1.27 bits per heavy atom. The number of rotatable bonds is 9. The van der Waals surface area contributed by atoms with E-state index >= 15 is 0 Å². The standard InChI is InChI=1S/C25H32F3N5O3S/c1-3-21(25(26,27)28)36-24-30-19-9-12-33(13-10-20(19)37-24)11-8-17-4-6-18(7-5-17)15-29-22(34)14-23-32-31-16(2)35-23/h3,15,17-18,21H,1,4-14H2,2H3/b29-15-/t17?,18?,21-/m0/s1. The molecule has 202 valence electrons. The maximum Gasteiger partial charge on any atom is 0.429 e. The van der Waals surface area contributed by atoms with Gasteiger partial charge in [0.2, 0.25) is 17.9 Å². The van der Waals surface area contributed by atoms with Gasteiger partial charge in [-0.3, -0.25) is 4.79 Å². The minimum atomic E-state index is -4.50. The van der Waals surface area contributed by atoms with E-state index in [0.717, 1.165) is 74.8 Å². The SMILES string of the molecule is C=C[C@H](Oc1nc2c(s1)CCN(CCC1CCC(/C=N\C(=O)Cc3nnc(C)o3)CC1)CC2)C(F)(F)F. The summed E-state index contributed by atoms with van der Waals surface area (Å²) in [4.78, 5) is 23.9. The largest absolute Gasteiger partial charge is 0.453 e. The number of aliphatic imine (C=N–C) groups is 1. The molecule has 0 N–H and O–H groups in total. The van der Waals surface area contributed by atoms with Gasteiger partial charge in [-0.25, -0.2) is 9.98 Å². The lowest BCUT2D eigenvalue weighted by atomic mass is 9.81. The molecule has 1 aliphatic carbocycles. The molecule has 1 saturated carbocycles. The molecule has 0 saturated heterocycles. The summed E-state index contributed by atoms with van der Waals surface area (Å²) in [5.74, 6) is 1.42. The quantitative estimate of drug-likeness (QED) is 0.335. The predicted molar refractivity (Wildman–Crippen MR) is 133 cm³/mol. The number of alkyl halides is 3. The van der Waals surface area contributed by atoms with E-state index < -0.39 is 12.3 Å². The molecule has 1 atom stereocenters. The molecule has 3 heterocycles. The monoisotopic (exact) mass is 539 g/mol. The average Bonchev–Trinajstić information content (AvgIpc) is 3.40. The first-order chi connectivity index (χ1) is 17.7. The van der Waals surface area contributed by atoms with Crippen LogP contribution in [0.4, 0.5) is 13.2 Å². The molecule has 0 radical (unpaired) electrons. The van der Waals surface area contributed by atoms with Gasteiger partial charge in [-0.05, 0) is 63.0 Å². The molecule has 0 spiro atoms. The summed E-state index contributed by atoms with van der Waals surface area (Å²) in [5.41, 5.74) is 0.844. The topological polar surface area (TPSA) is 93.7 Å². The summed E-state index contributed by atoms with van der Waals surface area (Å²) in [5, 5.41) is 7.60. The number of aryl methyl sites for hydroxylation is 1. The summed E-state index contributed by atoms with van der Waals surface area (Å²) in [7, 11) is 0. The van der Waals surface area contributed by atoms with E-state index in [9.17, 15) is 18.0 Å². The highest BCUT2D eigenvalue weighted by Crippen LogP contribution is 2.33. The van der Waals surface area contributed by atoms with Crippen LogP contribution >= 0.6 is 11.3 Å². The van der Waals surface area contributed by atoms with Gasteiger partial charge in [-0.2, -0.15) is 13.2 Å². The van der Waals surface area contributed by atoms with E-state index in [1.54, 1.807) is 13.1 Å². The summed E-state index contributed by atoms with van der Waals surface area (Å²) >= 11 is 1.21. The molecule has 1 aliphatic heterocycles. The molecular weight excluding hydrogens is 507 g/mol. The van der Waals surface area contributed by atoms with Gasteiger partial charge in [0.05, 0.1) is 5.69 Å². The second kappa shape index (κ2) is 12.3. The van der Waals surface area contributed by atoms with Gasteiger partial charge in [-0.15, -0.1) is 10.2 Å². The van der Waals surface area contributed by atoms with E-state index in [0.29, 0.717) is 30.0 Å². The van der Waals surface area contributed by atoms with Crippen molar-refractivity contribution in [3.05, 3.63) is 35.0 Å². The van der Waals surface area contributed by atoms with Crippen LogP contribution in [-0.2, 0) is 24.1 Å². The summed E-state index contributed by atoms with van der Waals surface area (Å²) in [6.45, 7) is 7.60. The van der Waals surface area contributed by atoms with Gasteiger partial charge in [0.1, 0.15) is 6.42 Å². The maximum atomic E-state index is 13.0. The fourth-order valence-corrected chi connectivity index (χ4v) is 5.76. The molecular formula is C25H32F3N5O3S. The van der Waals surface area contributed by atoms with Gasteiger partial charge in [0.15, 0.2) is 0 Å². The van der Waals surface area contributed by atoms with Crippen molar-refractivity contribution < 1.29 is 27.1 Å². The zero-order chi connectivity index (χ0) is 26.4. The number of hydrogen-bond donors (Lipinski definition) is 0. The van der Waals surface area contributed by atoms with Crippen molar-refractivity contribution in [2.75, 3.05) is 19.6 Å². The molecule has 0 unspecified atom stereocenters. The van der Waals surface area contributed by atoms with Crippen LogP contribution in [0.5, 0.6) is 5.19 Å². The van der Waals surface area contributed by atoms with E-state index in [1.807, 2.05) is 0 Å². The Kier molecular flexibility index (Phi) is 9.12. The summed E-state index contributed by atoms with van der Waals surface area (Å²) in [6, 6.07) is 0. The van der Waals surface area contributed by atoms with E-state index in [4.69, 9.17) is 9.15 Å². The highest BCUT2D eigenvalue weighted by molar-refractivity contribution is 7.13. The average molecular weight is 540 g/mol. The molecule has 12 heteroatoms. The van der Waals surface area contributed by atoms with Crippen LogP contribution in [0.2, 0.25) is 0 Å². The lowest BCUT2D eigenvalue weighted by Gasteiger charge is -2.28. The van der Waals surface area contributed by atoms with Crippen molar-refractivity contribution in [2.45, 2.75) is 70.6 Å². The molecule has 1 fully saturated rings. The second-order valence-corrected chi connectivity index (χ2v) is 10.7. The van der Waals surface area contributed by atoms with Crippen molar-refractivity contribution >= 4 is 23.5 Å². The molecule has 2 aliphatic rings.